The Morgan fingerprint density at radius 2 is 2.21 bits per heavy atom. The van der Waals surface area contributed by atoms with E-state index in [1.54, 1.807) is 28.3 Å². The Hall–Kier alpha value is -2.49. The van der Waals surface area contributed by atoms with Crippen LogP contribution in [-0.4, -0.2) is 51.8 Å². The molecule has 0 aromatic carbocycles. The molecule has 148 valence electrons. The summed E-state index contributed by atoms with van der Waals surface area (Å²) in [6.07, 6.45) is 5.13. The minimum atomic E-state index is -1.26. The fourth-order valence-electron chi connectivity index (χ4n) is 3.42. The van der Waals surface area contributed by atoms with E-state index < -0.39 is 11.4 Å². The van der Waals surface area contributed by atoms with Gasteiger partial charge < -0.3 is 15.3 Å². The van der Waals surface area contributed by atoms with Gasteiger partial charge in [0, 0.05) is 36.9 Å². The van der Waals surface area contributed by atoms with Crippen molar-refractivity contribution in [3.8, 4) is 5.13 Å². The van der Waals surface area contributed by atoms with E-state index in [0.717, 1.165) is 31.7 Å². The second-order valence-corrected chi connectivity index (χ2v) is 7.35. The average Bonchev–Trinajstić information content (AvgIpc) is 3.22. The van der Waals surface area contributed by atoms with Gasteiger partial charge in [0.15, 0.2) is 10.8 Å². The van der Waals surface area contributed by atoms with Gasteiger partial charge in [-0.15, -0.1) is 23.7 Å². The number of fused-ring (bicyclic) bond motifs is 1. The number of halogens is 1. The molecule has 1 fully saturated rings. The molecule has 0 aliphatic carbocycles. The molecule has 4 heterocycles. The third-order valence-electron chi connectivity index (χ3n) is 4.85. The van der Waals surface area contributed by atoms with Crippen molar-refractivity contribution in [1.82, 2.24) is 19.9 Å². The minimum Gasteiger partial charge on any atom is -0.477 e. The Bertz CT molecular complexity index is 1050. The first-order valence-corrected chi connectivity index (χ1v) is 9.58. The van der Waals surface area contributed by atoms with E-state index in [1.807, 2.05) is 7.05 Å². The molecule has 10 heteroatoms. The molecular weight excluding hydrogens is 402 g/mol. The van der Waals surface area contributed by atoms with Crippen LogP contribution in [0.2, 0.25) is 0 Å². The van der Waals surface area contributed by atoms with Gasteiger partial charge in [-0.1, -0.05) is 0 Å². The number of aromatic nitrogens is 3. The van der Waals surface area contributed by atoms with Crippen LogP contribution in [0.4, 0.5) is 5.82 Å². The number of hydrogen-bond acceptors (Lipinski definition) is 7. The minimum absolute atomic E-state index is 0. The van der Waals surface area contributed by atoms with Crippen LogP contribution in [0.5, 0.6) is 0 Å². The lowest BCUT2D eigenvalue weighted by atomic mass is 10.1. The van der Waals surface area contributed by atoms with Gasteiger partial charge in [-0.25, -0.2) is 14.8 Å². The van der Waals surface area contributed by atoms with Gasteiger partial charge in [-0.2, -0.15) is 0 Å². The zero-order valence-electron chi connectivity index (χ0n) is 15.2. The maximum absolute atomic E-state index is 12.6. The Balaban J connectivity index is 0.00000225. The summed E-state index contributed by atoms with van der Waals surface area (Å²) in [7, 11) is 1.95. The Labute approximate surface area is 171 Å². The molecule has 0 saturated carbocycles. The van der Waals surface area contributed by atoms with Crippen molar-refractivity contribution in [2.24, 2.45) is 0 Å². The van der Waals surface area contributed by atoms with Gasteiger partial charge in [-0.3, -0.25) is 9.36 Å². The predicted octanol–water partition coefficient (Wildman–Crippen LogP) is 2.15. The number of hydrogen-bond donors (Lipinski definition) is 2. The molecule has 3 aromatic heterocycles. The number of aromatic carboxylic acids is 1. The van der Waals surface area contributed by atoms with Crippen molar-refractivity contribution in [2.45, 2.75) is 18.9 Å². The summed E-state index contributed by atoms with van der Waals surface area (Å²) in [6, 6.07) is 3.85. The molecule has 0 radical (unpaired) electrons. The molecule has 0 amide bonds. The van der Waals surface area contributed by atoms with Crippen molar-refractivity contribution in [3.05, 3.63) is 45.7 Å². The number of carboxylic acid groups (broad SMARTS) is 1. The maximum Gasteiger partial charge on any atom is 0.341 e. The van der Waals surface area contributed by atoms with Gasteiger partial charge in [0.1, 0.15) is 11.4 Å². The lowest BCUT2D eigenvalue weighted by Crippen LogP contribution is -2.44. The van der Waals surface area contributed by atoms with E-state index in [0.29, 0.717) is 16.8 Å². The Morgan fingerprint density at radius 3 is 2.89 bits per heavy atom. The summed E-state index contributed by atoms with van der Waals surface area (Å²) in [5.74, 6) is -0.487. The van der Waals surface area contributed by atoms with Crippen LogP contribution in [0.3, 0.4) is 0 Å². The summed E-state index contributed by atoms with van der Waals surface area (Å²) in [6.45, 7) is 1.73. The van der Waals surface area contributed by atoms with Crippen LogP contribution in [0.25, 0.3) is 16.2 Å². The van der Waals surface area contributed by atoms with Crippen LogP contribution in [0.15, 0.2) is 34.7 Å². The first kappa shape index (κ1) is 20.2. The van der Waals surface area contributed by atoms with Crippen molar-refractivity contribution in [2.75, 3.05) is 25.0 Å². The molecule has 1 unspecified atom stereocenters. The number of nitrogens with zero attached hydrogens (tertiary/aromatic N) is 4. The van der Waals surface area contributed by atoms with Gasteiger partial charge in [0.25, 0.3) is 0 Å². The molecule has 1 aliphatic rings. The van der Waals surface area contributed by atoms with E-state index in [9.17, 15) is 14.7 Å². The number of carboxylic acids is 1. The zero-order chi connectivity index (χ0) is 19.0. The molecule has 3 aromatic rings. The molecule has 1 saturated heterocycles. The van der Waals surface area contributed by atoms with Crippen LogP contribution in [0, 0.1) is 0 Å². The van der Waals surface area contributed by atoms with E-state index in [-0.39, 0.29) is 23.4 Å². The number of nitrogens with one attached hydrogen (secondary N) is 1. The number of piperidine rings is 1. The summed E-state index contributed by atoms with van der Waals surface area (Å²) >= 11 is 1.36. The topological polar surface area (TPSA) is 100 Å². The summed E-state index contributed by atoms with van der Waals surface area (Å²) < 4.78 is 1.59. The van der Waals surface area contributed by atoms with E-state index in [4.69, 9.17) is 4.98 Å². The summed E-state index contributed by atoms with van der Waals surface area (Å²) in [5, 5.41) is 15.3. The highest BCUT2D eigenvalue weighted by atomic mass is 35.5. The third-order valence-corrected chi connectivity index (χ3v) is 5.62. The average molecular weight is 422 g/mol. The monoisotopic (exact) mass is 421 g/mol. The third kappa shape index (κ3) is 3.60. The van der Waals surface area contributed by atoms with Crippen molar-refractivity contribution in [1.29, 1.82) is 0 Å². The smallest absolute Gasteiger partial charge is 0.341 e. The number of thiazole rings is 1. The van der Waals surface area contributed by atoms with Crippen molar-refractivity contribution < 1.29 is 9.90 Å². The number of rotatable bonds is 4. The normalized spacial score (nSPS) is 16.8. The number of anilines is 1. The van der Waals surface area contributed by atoms with Crippen LogP contribution in [-0.2, 0) is 0 Å². The second-order valence-electron chi connectivity index (χ2n) is 6.48. The van der Waals surface area contributed by atoms with Gasteiger partial charge in [0.2, 0.25) is 5.43 Å². The Kier molecular flexibility index (Phi) is 5.97. The standard InChI is InChI=1S/C18H19N5O3S.ClH/c1-19-11-3-2-7-22(9-11)14-5-4-12-15(24)13(17(25)26)10-23(16(12)21-14)18-20-6-8-27-18;/h4-6,8,10-11,19H,2-3,7,9H2,1H3,(H,25,26);1H. The summed E-state index contributed by atoms with van der Waals surface area (Å²) in [5.41, 5.74) is -0.402. The highest BCUT2D eigenvalue weighted by Gasteiger charge is 2.22. The number of carbonyl (C=O) groups is 1. The molecule has 4 rings (SSSR count). The van der Waals surface area contributed by atoms with E-state index >= 15 is 0 Å². The zero-order valence-corrected chi connectivity index (χ0v) is 16.8. The lowest BCUT2D eigenvalue weighted by Gasteiger charge is -2.33. The van der Waals surface area contributed by atoms with E-state index in [1.165, 1.54) is 17.5 Å². The molecule has 1 aliphatic heterocycles. The van der Waals surface area contributed by atoms with Crippen LogP contribution >= 0.6 is 23.7 Å². The predicted molar refractivity (Wildman–Crippen MR) is 112 cm³/mol. The van der Waals surface area contributed by atoms with Crippen molar-refractivity contribution in [3.63, 3.8) is 0 Å². The highest BCUT2D eigenvalue weighted by molar-refractivity contribution is 7.12. The first-order valence-electron chi connectivity index (χ1n) is 8.70. The maximum atomic E-state index is 12.6. The molecule has 2 N–H and O–H groups in total. The van der Waals surface area contributed by atoms with Crippen LogP contribution in [0.1, 0.15) is 23.2 Å². The molecule has 8 nitrogen and oxygen atoms in total. The molecule has 1 atom stereocenters. The van der Waals surface area contributed by atoms with Gasteiger partial charge >= 0.3 is 5.97 Å². The number of likely N-dealkylation sites (N-methyl/N-ethyl adjacent to an activating group) is 1. The molecule has 0 spiro atoms. The highest BCUT2D eigenvalue weighted by Crippen LogP contribution is 2.23. The van der Waals surface area contributed by atoms with Gasteiger partial charge in [-0.05, 0) is 32.0 Å². The second kappa shape index (κ2) is 8.26. The van der Waals surface area contributed by atoms with Crippen molar-refractivity contribution >= 4 is 46.6 Å². The molecule has 28 heavy (non-hydrogen) atoms. The SMILES string of the molecule is CNC1CCCN(c2ccc3c(=O)c(C(=O)O)cn(-c4nccs4)c3n2)C1.Cl. The Morgan fingerprint density at radius 1 is 1.39 bits per heavy atom. The lowest BCUT2D eigenvalue weighted by molar-refractivity contribution is 0.0695. The van der Waals surface area contributed by atoms with E-state index in [2.05, 4.69) is 15.2 Å². The fraction of sp³-hybridized carbons (Fsp3) is 0.333. The fourth-order valence-corrected chi connectivity index (χ4v) is 4.04. The molecule has 0 bridgehead atoms. The first-order chi connectivity index (χ1) is 13.1. The quantitative estimate of drug-likeness (QED) is 0.665. The largest absolute Gasteiger partial charge is 0.477 e. The molecular formula is C18H20ClN5O3S. The summed E-state index contributed by atoms with van der Waals surface area (Å²) in [4.78, 5) is 35.3. The number of pyridine rings is 2. The van der Waals surface area contributed by atoms with Crippen LogP contribution < -0.4 is 15.6 Å². The van der Waals surface area contributed by atoms with Gasteiger partial charge in [0.05, 0.1) is 5.39 Å².